The molecule has 0 aromatic carbocycles. The largest absolute Gasteiger partial charge is 0.461 e. The van der Waals surface area contributed by atoms with Gasteiger partial charge in [0.05, 0.1) is 11.6 Å². The summed E-state index contributed by atoms with van der Waals surface area (Å²) in [6.45, 7) is 3.78. The van der Waals surface area contributed by atoms with Gasteiger partial charge in [-0.1, -0.05) is 0 Å². The van der Waals surface area contributed by atoms with Crippen molar-refractivity contribution in [2.45, 2.75) is 51.4 Å². The maximum atomic E-state index is 13.4. The van der Waals surface area contributed by atoms with E-state index in [1.807, 2.05) is 0 Å². The molecule has 2 rings (SSSR count). The number of carbonyl (C=O) groups excluding carboxylic acids is 1. The van der Waals surface area contributed by atoms with Gasteiger partial charge < -0.3 is 4.74 Å². The quantitative estimate of drug-likeness (QED) is 0.792. The molecule has 106 valence electrons. The first kappa shape index (κ1) is 14.4. The van der Waals surface area contributed by atoms with Crippen LogP contribution in [0.3, 0.4) is 0 Å². The molecule has 0 radical (unpaired) electrons. The van der Waals surface area contributed by atoms with Crippen molar-refractivity contribution in [2.75, 3.05) is 6.61 Å². The minimum absolute atomic E-state index is 0.0431. The summed E-state index contributed by atoms with van der Waals surface area (Å²) in [5.74, 6) is -3.31. The maximum absolute atomic E-state index is 13.4. The summed E-state index contributed by atoms with van der Waals surface area (Å²) in [5.41, 5.74) is 0.274. The number of halogens is 2. The molecule has 1 unspecified atom stereocenters. The van der Waals surface area contributed by atoms with Crippen LogP contribution in [0.2, 0.25) is 0 Å². The van der Waals surface area contributed by atoms with Crippen LogP contribution in [0.5, 0.6) is 0 Å². The van der Waals surface area contributed by atoms with Crippen LogP contribution in [0.15, 0.2) is 0 Å². The van der Waals surface area contributed by atoms with Crippen LogP contribution in [-0.4, -0.2) is 23.5 Å². The molecular weight excluding hydrogens is 272 g/mol. The van der Waals surface area contributed by atoms with Crippen LogP contribution in [0.4, 0.5) is 8.78 Å². The number of aryl methyl sites for hydroxylation is 1. The first-order chi connectivity index (χ1) is 8.93. The number of hydrogen-bond donors (Lipinski definition) is 0. The van der Waals surface area contributed by atoms with Crippen LogP contribution in [-0.2, 0) is 4.74 Å². The van der Waals surface area contributed by atoms with Crippen LogP contribution in [0.25, 0.3) is 0 Å². The lowest BCUT2D eigenvalue weighted by atomic mass is 9.87. The number of aromatic nitrogens is 1. The Morgan fingerprint density at radius 1 is 1.58 bits per heavy atom. The van der Waals surface area contributed by atoms with Gasteiger partial charge in [0.15, 0.2) is 5.69 Å². The van der Waals surface area contributed by atoms with Crippen LogP contribution >= 0.6 is 11.3 Å². The summed E-state index contributed by atoms with van der Waals surface area (Å²) in [4.78, 5) is 16.6. The molecule has 1 aromatic rings. The van der Waals surface area contributed by atoms with Gasteiger partial charge in [-0.05, 0) is 26.7 Å². The molecule has 0 saturated heterocycles. The highest BCUT2D eigenvalue weighted by Gasteiger charge is 2.38. The second-order valence-corrected chi connectivity index (χ2v) is 6.06. The molecule has 1 aliphatic carbocycles. The maximum Gasteiger partial charge on any atom is 0.358 e. The number of esters is 1. The lowest BCUT2D eigenvalue weighted by Crippen LogP contribution is -2.24. The van der Waals surface area contributed by atoms with Gasteiger partial charge in [-0.2, -0.15) is 0 Å². The molecule has 19 heavy (non-hydrogen) atoms. The van der Waals surface area contributed by atoms with Gasteiger partial charge in [0.25, 0.3) is 0 Å². The van der Waals surface area contributed by atoms with Crippen LogP contribution in [0.1, 0.15) is 58.9 Å². The molecule has 1 heterocycles. The summed E-state index contributed by atoms with van der Waals surface area (Å²) in [5, 5.41) is 0.639. The van der Waals surface area contributed by atoms with Gasteiger partial charge in [0, 0.05) is 23.6 Å². The lowest BCUT2D eigenvalue weighted by molar-refractivity contribution is -0.0408. The van der Waals surface area contributed by atoms with Crippen molar-refractivity contribution < 1.29 is 18.3 Å². The normalized spacial score (nSPS) is 22.2. The van der Waals surface area contributed by atoms with E-state index in [-0.39, 0.29) is 31.1 Å². The third-order valence-electron chi connectivity index (χ3n) is 3.27. The Bertz CT molecular complexity index is 473. The van der Waals surface area contributed by atoms with Crippen LogP contribution in [0, 0.1) is 6.92 Å². The van der Waals surface area contributed by atoms with Gasteiger partial charge in [-0.25, -0.2) is 18.6 Å². The summed E-state index contributed by atoms with van der Waals surface area (Å²) >= 11 is 1.33. The molecule has 0 aliphatic heterocycles. The molecule has 0 amide bonds. The Kier molecular flexibility index (Phi) is 4.18. The number of rotatable bonds is 3. The Balaban J connectivity index is 2.17. The standard InChI is InChI=1S/C13H17F2NO2S/c1-3-18-12(17)10-8(2)19-11(16-10)9-5-4-6-13(14,15)7-9/h9H,3-7H2,1-2H3. The van der Waals surface area contributed by atoms with Gasteiger partial charge >= 0.3 is 5.97 Å². The van der Waals surface area contributed by atoms with Crippen molar-refractivity contribution in [3.8, 4) is 0 Å². The van der Waals surface area contributed by atoms with Gasteiger partial charge in [0.2, 0.25) is 5.92 Å². The Labute approximate surface area is 115 Å². The van der Waals surface area contributed by atoms with Crippen molar-refractivity contribution in [3.63, 3.8) is 0 Å². The molecular formula is C13H17F2NO2S. The third kappa shape index (κ3) is 3.29. The smallest absolute Gasteiger partial charge is 0.358 e. The molecule has 1 saturated carbocycles. The van der Waals surface area contributed by atoms with E-state index >= 15 is 0 Å². The van der Waals surface area contributed by atoms with Gasteiger partial charge in [0.1, 0.15) is 0 Å². The van der Waals surface area contributed by atoms with Crippen LogP contribution < -0.4 is 0 Å². The number of hydrogen-bond acceptors (Lipinski definition) is 4. The second kappa shape index (κ2) is 5.53. The van der Waals surface area contributed by atoms with Crippen molar-refractivity contribution in [3.05, 3.63) is 15.6 Å². The van der Waals surface area contributed by atoms with E-state index in [1.54, 1.807) is 13.8 Å². The first-order valence-corrected chi connectivity index (χ1v) is 7.27. The van der Waals surface area contributed by atoms with Crippen molar-refractivity contribution >= 4 is 17.3 Å². The van der Waals surface area contributed by atoms with E-state index < -0.39 is 11.9 Å². The van der Waals surface area contributed by atoms with Gasteiger partial charge in [-0.15, -0.1) is 11.3 Å². The van der Waals surface area contributed by atoms with E-state index in [2.05, 4.69) is 4.98 Å². The van der Waals surface area contributed by atoms with Gasteiger partial charge in [-0.3, -0.25) is 0 Å². The number of ether oxygens (including phenoxy) is 1. The monoisotopic (exact) mass is 289 g/mol. The predicted molar refractivity (Wildman–Crippen MR) is 69.0 cm³/mol. The van der Waals surface area contributed by atoms with E-state index in [0.717, 1.165) is 4.88 Å². The zero-order chi connectivity index (χ0) is 14.0. The zero-order valence-corrected chi connectivity index (χ0v) is 11.9. The van der Waals surface area contributed by atoms with E-state index in [1.165, 1.54) is 11.3 Å². The Hall–Kier alpha value is -1.04. The minimum Gasteiger partial charge on any atom is -0.461 e. The number of alkyl halides is 2. The van der Waals surface area contributed by atoms with Crippen molar-refractivity contribution in [1.29, 1.82) is 0 Å². The van der Waals surface area contributed by atoms with Crippen molar-refractivity contribution in [2.24, 2.45) is 0 Å². The average molecular weight is 289 g/mol. The van der Waals surface area contributed by atoms with Crippen molar-refractivity contribution in [1.82, 2.24) is 4.98 Å². The number of carbonyl (C=O) groups is 1. The summed E-state index contributed by atoms with van der Waals surface area (Å²) in [7, 11) is 0. The molecule has 1 aliphatic rings. The molecule has 6 heteroatoms. The summed E-state index contributed by atoms with van der Waals surface area (Å²) in [6.07, 6.45) is 1.01. The fraction of sp³-hybridized carbons (Fsp3) is 0.692. The average Bonchev–Trinajstić information content (AvgIpc) is 2.70. The number of nitrogens with zero attached hydrogens (tertiary/aromatic N) is 1. The number of thiazole rings is 1. The lowest BCUT2D eigenvalue weighted by Gasteiger charge is -2.27. The second-order valence-electron chi connectivity index (χ2n) is 4.83. The third-order valence-corrected chi connectivity index (χ3v) is 4.40. The highest BCUT2D eigenvalue weighted by molar-refractivity contribution is 7.12. The SMILES string of the molecule is CCOC(=O)c1nc(C2CCCC(F)(F)C2)sc1C. The van der Waals surface area contributed by atoms with E-state index in [9.17, 15) is 13.6 Å². The predicted octanol–water partition coefficient (Wildman–Crippen LogP) is 3.92. The fourth-order valence-electron chi connectivity index (χ4n) is 2.36. The molecule has 0 N–H and O–H groups in total. The molecule has 0 spiro atoms. The molecule has 3 nitrogen and oxygen atoms in total. The summed E-state index contributed by atoms with van der Waals surface area (Å²) < 4.78 is 31.7. The van der Waals surface area contributed by atoms with E-state index in [4.69, 9.17) is 4.74 Å². The highest BCUT2D eigenvalue weighted by Crippen LogP contribution is 2.43. The zero-order valence-electron chi connectivity index (χ0n) is 11.0. The molecule has 1 atom stereocenters. The highest BCUT2D eigenvalue weighted by atomic mass is 32.1. The van der Waals surface area contributed by atoms with E-state index in [0.29, 0.717) is 17.8 Å². The molecule has 1 fully saturated rings. The summed E-state index contributed by atoms with van der Waals surface area (Å²) in [6, 6.07) is 0. The first-order valence-electron chi connectivity index (χ1n) is 6.45. The molecule has 0 bridgehead atoms. The fourth-order valence-corrected chi connectivity index (χ4v) is 3.41. The topological polar surface area (TPSA) is 39.2 Å². The molecule has 1 aromatic heterocycles. The Morgan fingerprint density at radius 2 is 2.32 bits per heavy atom. The minimum atomic E-state index is -2.60. The Morgan fingerprint density at radius 3 is 2.95 bits per heavy atom.